The first-order valence-electron chi connectivity index (χ1n) is 6.47. The minimum Gasteiger partial charge on any atom is -0.349 e. The minimum atomic E-state index is -0.861. The average molecular weight is 270 g/mol. The van der Waals surface area contributed by atoms with Gasteiger partial charge in [0, 0.05) is 14.2 Å². The molecule has 2 aromatic rings. The molecular formula is C17H18O3. The topological polar surface area (TPSA) is 35.5 Å². The summed E-state index contributed by atoms with van der Waals surface area (Å²) in [5.74, 6) is -0.491. The van der Waals surface area contributed by atoms with Crippen molar-refractivity contribution < 1.29 is 14.3 Å². The number of ether oxygens (including phenoxy) is 2. The lowest BCUT2D eigenvalue weighted by Gasteiger charge is -2.21. The molecule has 3 nitrogen and oxygen atoms in total. The first kappa shape index (κ1) is 14.4. The Morgan fingerprint density at radius 2 is 1.20 bits per heavy atom. The van der Waals surface area contributed by atoms with Crippen LogP contribution in [0.4, 0.5) is 0 Å². The van der Waals surface area contributed by atoms with E-state index in [2.05, 4.69) is 0 Å². The molecule has 3 heteroatoms. The Bertz CT molecular complexity index is 493. The van der Waals surface area contributed by atoms with Gasteiger partial charge in [0.2, 0.25) is 6.29 Å². The molecule has 0 amide bonds. The molecule has 0 atom stereocenters. The van der Waals surface area contributed by atoms with E-state index >= 15 is 0 Å². The van der Waals surface area contributed by atoms with Crippen molar-refractivity contribution in [3.8, 4) is 0 Å². The molecule has 0 aliphatic rings. The zero-order valence-corrected chi connectivity index (χ0v) is 11.7. The Labute approximate surface area is 119 Å². The van der Waals surface area contributed by atoms with E-state index < -0.39 is 6.29 Å². The van der Waals surface area contributed by atoms with Gasteiger partial charge in [0.15, 0.2) is 5.78 Å². The lowest BCUT2D eigenvalue weighted by Crippen LogP contribution is -2.30. The van der Waals surface area contributed by atoms with Crippen LogP contribution in [-0.2, 0) is 14.3 Å². The van der Waals surface area contributed by atoms with E-state index in [1.54, 1.807) is 0 Å². The second-order valence-electron chi connectivity index (χ2n) is 4.46. The van der Waals surface area contributed by atoms with Crippen LogP contribution < -0.4 is 0 Å². The Kier molecular flexibility index (Phi) is 5.04. The zero-order valence-electron chi connectivity index (χ0n) is 11.7. The molecule has 0 aromatic heterocycles. The van der Waals surface area contributed by atoms with Crippen LogP contribution in [0.2, 0.25) is 0 Å². The number of carbonyl (C=O) groups excluding carboxylic acids is 1. The van der Waals surface area contributed by atoms with Crippen molar-refractivity contribution in [2.45, 2.75) is 12.2 Å². The largest absolute Gasteiger partial charge is 0.349 e. The Morgan fingerprint density at radius 1 is 0.800 bits per heavy atom. The molecule has 0 spiro atoms. The van der Waals surface area contributed by atoms with Crippen molar-refractivity contribution in [1.82, 2.24) is 0 Å². The van der Waals surface area contributed by atoms with Gasteiger partial charge in [-0.25, -0.2) is 0 Å². The minimum absolute atomic E-state index is 0.104. The van der Waals surface area contributed by atoms with Gasteiger partial charge >= 0.3 is 0 Å². The zero-order chi connectivity index (χ0) is 14.4. The van der Waals surface area contributed by atoms with E-state index in [1.807, 2.05) is 60.7 Å². The summed E-state index contributed by atoms with van der Waals surface area (Å²) in [6.45, 7) is 0. The molecule has 0 saturated carbocycles. The highest BCUT2D eigenvalue weighted by Crippen LogP contribution is 2.27. The fraction of sp³-hybridized carbons (Fsp3) is 0.235. The molecule has 0 unspecified atom stereocenters. The molecule has 0 aliphatic heterocycles. The van der Waals surface area contributed by atoms with Gasteiger partial charge in [-0.05, 0) is 11.1 Å². The molecule has 2 aromatic carbocycles. The SMILES string of the molecule is COC(OC)C(=O)C(c1ccccc1)c1ccccc1. The summed E-state index contributed by atoms with van der Waals surface area (Å²) >= 11 is 0. The molecule has 0 radical (unpaired) electrons. The number of Topliss-reactive ketones (excluding diaryl/α,β-unsaturated/α-hetero) is 1. The van der Waals surface area contributed by atoms with Crippen molar-refractivity contribution in [2.75, 3.05) is 14.2 Å². The molecule has 0 saturated heterocycles. The molecule has 0 N–H and O–H groups in total. The highest BCUT2D eigenvalue weighted by molar-refractivity contribution is 5.91. The number of carbonyl (C=O) groups is 1. The highest BCUT2D eigenvalue weighted by Gasteiger charge is 2.29. The van der Waals surface area contributed by atoms with E-state index in [1.165, 1.54) is 14.2 Å². The third-order valence-electron chi connectivity index (χ3n) is 3.21. The summed E-state index contributed by atoms with van der Waals surface area (Å²) in [7, 11) is 2.94. The second kappa shape index (κ2) is 6.98. The van der Waals surface area contributed by atoms with Gasteiger partial charge in [0.05, 0.1) is 5.92 Å². The van der Waals surface area contributed by atoms with Crippen LogP contribution in [-0.4, -0.2) is 26.3 Å². The van der Waals surface area contributed by atoms with Gasteiger partial charge in [-0.3, -0.25) is 4.79 Å². The molecule has 0 bridgehead atoms. The van der Waals surface area contributed by atoms with E-state index in [-0.39, 0.29) is 11.7 Å². The van der Waals surface area contributed by atoms with Crippen LogP contribution in [0.25, 0.3) is 0 Å². The van der Waals surface area contributed by atoms with E-state index in [0.29, 0.717) is 0 Å². The first-order chi connectivity index (χ1) is 9.77. The summed E-state index contributed by atoms with van der Waals surface area (Å²) in [6, 6.07) is 19.3. The molecule has 0 aliphatic carbocycles. The maximum atomic E-state index is 12.7. The second-order valence-corrected chi connectivity index (χ2v) is 4.46. The summed E-state index contributed by atoms with van der Waals surface area (Å²) in [6.07, 6.45) is -0.861. The number of hydrogen-bond acceptors (Lipinski definition) is 3. The lowest BCUT2D eigenvalue weighted by atomic mass is 9.87. The monoisotopic (exact) mass is 270 g/mol. The number of hydrogen-bond donors (Lipinski definition) is 0. The lowest BCUT2D eigenvalue weighted by molar-refractivity contribution is -0.157. The quantitative estimate of drug-likeness (QED) is 0.757. The van der Waals surface area contributed by atoms with Crippen LogP contribution in [0.1, 0.15) is 17.0 Å². The van der Waals surface area contributed by atoms with E-state index in [4.69, 9.17) is 9.47 Å². The molecular weight excluding hydrogens is 252 g/mol. The summed E-state index contributed by atoms with van der Waals surface area (Å²) in [5, 5.41) is 0. The summed E-state index contributed by atoms with van der Waals surface area (Å²) in [5.41, 5.74) is 1.87. The van der Waals surface area contributed by atoms with Crippen molar-refractivity contribution >= 4 is 5.78 Å². The Hall–Kier alpha value is -1.97. The number of ketones is 1. The number of benzene rings is 2. The molecule has 104 valence electrons. The average Bonchev–Trinajstić information content (AvgIpc) is 2.51. The molecule has 0 fully saturated rings. The van der Waals surface area contributed by atoms with Crippen molar-refractivity contribution in [1.29, 1.82) is 0 Å². The van der Waals surface area contributed by atoms with Crippen molar-refractivity contribution in [3.05, 3.63) is 71.8 Å². The van der Waals surface area contributed by atoms with Gasteiger partial charge in [-0.2, -0.15) is 0 Å². The molecule has 2 rings (SSSR count). The summed E-state index contributed by atoms with van der Waals surface area (Å²) in [4.78, 5) is 12.7. The van der Waals surface area contributed by atoms with E-state index in [0.717, 1.165) is 11.1 Å². The third-order valence-corrected chi connectivity index (χ3v) is 3.21. The smallest absolute Gasteiger partial charge is 0.218 e. The van der Waals surface area contributed by atoms with Crippen LogP contribution in [0.5, 0.6) is 0 Å². The van der Waals surface area contributed by atoms with Gasteiger partial charge in [0.25, 0.3) is 0 Å². The maximum absolute atomic E-state index is 12.7. The fourth-order valence-electron chi connectivity index (χ4n) is 2.28. The van der Waals surface area contributed by atoms with Crippen molar-refractivity contribution in [3.63, 3.8) is 0 Å². The van der Waals surface area contributed by atoms with Crippen LogP contribution in [0, 0.1) is 0 Å². The van der Waals surface area contributed by atoms with Gasteiger partial charge in [-0.15, -0.1) is 0 Å². The molecule has 20 heavy (non-hydrogen) atoms. The van der Waals surface area contributed by atoms with Crippen molar-refractivity contribution in [2.24, 2.45) is 0 Å². The van der Waals surface area contributed by atoms with Crippen LogP contribution in [0.3, 0.4) is 0 Å². The standard InChI is InChI=1S/C17H18O3/c1-19-17(20-2)16(18)15(13-9-5-3-6-10-13)14-11-7-4-8-12-14/h3-12,15,17H,1-2H3. The predicted octanol–water partition coefficient (Wildman–Crippen LogP) is 3.01. The Balaban J connectivity index is 2.43. The molecule has 0 heterocycles. The van der Waals surface area contributed by atoms with Gasteiger partial charge in [-0.1, -0.05) is 60.7 Å². The highest BCUT2D eigenvalue weighted by atomic mass is 16.7. The van der Waals surface area contributed by atoms with Gasteiger partial charge < -0.3 is 9.47 Å². The number of rotatable bonds is 6. The third kappa shape index (κ3) is 3.13. The normalized spacial score (nSPS) is 11.0. The Morgan fingerprint density at radius 3 is 1.55 bits per heavy atom. The maximum Gasteiger partial charge on any atom is 0.218 e. The predicted molar refractivity (Wildman–Crippen MR) is 77.5 cm³/mol. The van der Waals surface area contributed by atoms with E-state index in [9.17, 15) is 4.79 Å². The van der Waals surface area contributed by atoms with Crippen LogP contribution >= 0.6 is 0 Å². The fourth-order valence-corrected chi connectivity index (χ4v) is 2.28. The van der Waals surface area contributed by atoms with Crippen LogP contribution in [0.15, 0.2) is 60.7 Å². The van der Waals surface area contributed by atoms with Gasteiger partial charge in [0.1, 0.15) is 0 Å². The number of methoxy groups -OCH3 is 2. The summed E-state index contributed by atoms with van der Waals surface area (Å²) < 4.78 is 10.2. The first-order valence-corrected chi connectivity index (χ1v) is 6.47.